The number of aryl methyl sites for hydroxylation is 3. The highest BCUT2D eigenvalue weighted by Gasteiger charge is 2.53. The molecule has 2 saturated carbocycles. The van der Waals surface area contributed by atoms with Gasteiger partial charge in [0, 0.05) is 154 Å². The first-order chi connectivity index (χ1) is 68.3. The first kappa shape index (κ1) is 109. The van der Waals surface area contributed by atoms with Crippen molar-refractivity contribution >= 4 is 137 Å². The molecular formula is C104H134BrCl4F6N21O7S. The highest BCUT2D eigenvalue weighted by atomic mass is 79.9. The zero-order valence-electron chi connectivity index (χ0n) is 83.3. The molecule has 144 heavy (non-hydrogen) atoms. The fraction of sp³-hybridized carbons (Fsp3) is 0.577. The average molecular weight is 2160 g/mol. The van der Waals surface area contributed by atoms with E-state index in [0.29, 0.717) is 160 Å². The highest BCUT2D eigenvalue weighted by Crippen LogP contribution is 2.50. The number of rotatable bonds is 29. The van der Waals surface area contributed by atoms with E-state index in [4.69, 9.17) is 51.4 Å². The minimum absolute atomic E-state index is 0.0241. The first-order valence-electron chi connectivity index (χ1n) is 50.1. The Balaban J connectivity index is 0.000000145. The van der Waals surface area contributed by atoms with Crippen LogP contribution in [0.3, 0.4) is 0 Å². The Morgan fingerprint density at radius 3 is 1.10 bits per heavy atom. The zero-order chi connectivity index (χ0) is 103. The van der Waals surface area contributed by atoms with E-state index >= 15 is 0 Å². The molecule has 8 saturated heterocycles. The van der Waals surface area contributed by atoms with Gasteiger partial charge in [0.2, 0.25) is 23.8 Å². The number of benzene rings is 4. The van der Waals surface area contributed by atoms with Crippen molar-refractivity contribution in [1.29, 1.82) is 5.26 Å². The van der Waals surface area contributed by atoms with Crippen LogP contribution in [0.1, 0.15) is 198 Å². The number of aromatic nitrogens is 8. The van der Waals surface area contributed by atoms with Gasteiger partial charge in [-0.05, 0) is 313 Å². The predicted octanol–water partition coefficient (Wildman–Crippen LogP) is 19.6. The number of hydrogen-bond acceptors (Lipinski definition) is 26. The molecule has 0 bridgehead atoms. The van der Waals surface area contributed by atoms with Crippen LogP contribution in [-0.2, 0) is 31.5 Å². The lowest BCUT2D eigenvalue weighted by Gasteiger charge is -2.52. The summed E-state index contributed by atoms with van der Waals surface area (Å²) >= 11 is 29.2. The molecule has 9 atom stereocenters. The Morgan fingerprint density at radius 2 is 0.778 bits per heavy atom. The minimum atomic E-state index is -4.60. The molecule has 4 aromatic heterocycles. The smallest absolute Gasteiger partial charge is 0.421 e. The van der Waals surface area contributed by atoms with Gasteiger partial charge in [-0.15, -0.1) is 0 Å². The Kier molecular flexibility index (Phi) is 35.2. The Hall–Kier alpha value is -8.97. The van der Waals surface area contributed by atoms with Crippen LogP contribution in [-0.4, -0.2) is 251 Å². The van der Waals surface area contributed by atoms with Crippen molar-refractivity contribution in [2.24, 2.45) is 58.2 Å². The summed E-state index contributed by atoms with van der Waals surface area (Å²) in [5.41, 5.74) is 3.66. The fourth-order valence-electron chi connectivity index (χ4n) is 22.1. The topological polar surface area (TPSA) is 333 Å². The van der Waals surface area contributed by atoms with Crippen molar-refractivity contribution in [2.45, 2.75) is 193 Å². The van der Waals surface area contributed by atoms with E-state index in [1.54, 1.807) is 50.6 Å². The Morgan fingerprint density at radius 1 is 0.472 bits per heavy atom. The number of aliphatic hydroxyl groups excluding tert-OH is 2. The zero-order valence-corrected chi connectivity index (χ0v) is 88.8. The van der Waals surface area contributed by atoms with Crippen molar-refractivity contribution < 1.29 is 60.6 Å². The van der Waals surface area contributed by atoms with Gasteiger partial charge in [0.15, 0.2) is 0 Å². The summed E-state index contributed by atoms with van der Waals surface area (Å²) in [6.07, 6.45) is 9.51. The van der Waals surface area contributed by atoms with Gasteiger partial charge in [0.05, 0.1) is 58.9 Å². The summed E-state index contributed by atoms with van der Waals surface area (Å²) in [6, 6.07) is 24.0. The number of halogens is 11. The Labute approximate surface area is 869 Å². The third-order valence-electron chi connectivity index (χ3n) is 31.2. The number of carbonyl (C=O) groups is 2. The van der Waals surface area contributed by atoms with Gasteiger partial charge >= 0.3 is 24.3 Å². The summed E-state index contributed by atoms with van der Waals surface area (Å²) in [7, 11) is -2.36. The largest absolute Gasteiger partial charge is 0.481 e. The molecule has 8 N–H and O–H groups in total. The summed E-state index contributed by atoms with van der Waals surface area (Å²) in [4.78, 5) is 76.8. The lowest BCUT2D eigenvalue weighted by atomic mass is 9.65. The number of nitriles is 1. The van der Waals surface area contributed by atoms with Gasteiger partial charge in [-0.1, -0.05) is 88.9 Å². The second-order valence-electron chi connectivity index (χ2n) is 42.2. The predicted molar refractivity (Wildman–Crippen MR) is 560 cm³/mol. The maximum atomic E-state index is 13.8. The molecule has 8 aromatic rings. The molecule has 1 unspecified atom stereocenters. The van der Waals surface area contributed by atoms with Crippen molar-refractivity contribution in [1.82, 2.24) is 59.5 Å². The molecule has 0 spiro atoms. The second-order valence-corrected chi connectivity index (χ2v) is 47.1. The third kappa shape index (κ3) is 26.3. The number of hydrogen-bond donors (Lipinski definition) is 8. The van der Waals surface area contributed by atoms with Crippen molar-refractivity contribution in [3.8, 4) is 6.07 Å². The molecule has 8 aliphatic heterocycles. The van der Waals surface area contributed by atoms with Crippen LogP contribution in [0.25, 0.3) is 0 Å². The summed E-state index contributed by atoms with van der Waals surface area (Å²) < 4.78 is 95.9. The van der Waals surface area contributed by atoms with E-state index in [-0.39, 0.29) is 48.8 Å². The lowest BCUT2D eigenvalue weighted by molar-refractivity contribution is -0.159. The number of anilines is 8. The minimum Gasteiger partial charge on any atom is -0.481 e. The molecule has 40 heteroatoms. The number of likely N-dealkylation sites (tertiary alicyclic amines) is 4. The van der Waals surface area contributed by atoms with E-state index in [2.05, 4.69) is 132 Å². The number of aliphatic hydroxyl groups is 2. The molecule has 2 aliphatic carbocycles. The normalized spacial score (nSPS) is 24.4. The number of carboxylic acid groups (broad SMARTS) is 2. The van der Waals surface area contributed by atoms with E-state index in [1.807, 2.05) is 93.9 Å². The number of nitrogens with one attached hydrogen (secondary N) is 4. The molecular weight excluding hydrogens is 2020 g/mol. The van der Waals surface area contributed by atoms with Crippen LogP contribution in [0.5, 0.6) is 0 Å². The lowest BCUT2D eigenvalue weighted by Crippen LogP contribution is -2.58. The van der Waals surface area contributed by atoms with Crippen LogP contribution in [0.15, 0.2) is 107 Å². The van der Waals surface area contributed by atoms with Crippen LogP contribution in [0, 0.1) is 90.3 Å². The van der Waals surface area contributed by atoms with Crippen LogP contribution < -0.4 is 40.9 Å². The van der Waals surface area contributed by atoms with Gasteiger partial charge in [0.25, 0.3) is 0 Å². The number of aliphatic carboxylic acids is 2. The van der Waals surface area contributed by atoms with Gasteiger partial charge in [-0.3, -0.25) is 13.8 Å². The highest BCUT2D eigenvalue weighted by molar-refractivity contribution is 9.10. The quantitative estimate of drug-likeness (QED) is 0.0159. The molecule has 0 radical (unpaired) electrons. The van der Waals surface area contributed by atoms with Crippen LogP contribution in [0.2, 0.25) is 20.1 Å². The van der Waals surface area contributed by atoms with Crippen molar-refractivity contribution in [2.75, 3.05) is 178 Å². The van der Waals surface area contributed by atoms with Crippen LogP contribution in [0.4, 0.5) is 73.4 Å². The molecule has 12 heterocycles. The number of piperidine rings is 4. The third-order valence-corrected chi connectivity index (χ3v) is 34.3. The van der Waals surface area contributed by atoms with Gasteiger partial charge in [-0.2, -0.15) is 51.5 Å². The molecule has 28 nitrogen and oxygen atoms in total. The van der Waals surface area contributed by atoms with Gasteiger partial charge in [0.1, 0.15) is 46.0 Å². The summed E-state index contributed by atoms with van der Waals surface area (Å²) in [5, 5.41) is 61.8. The number of β-amino-alcohol motifs (C(OH)–C–C–N with tert-alkyl or cyclic N) is 2. The molecule has 780 valence electrons. The van der Waals surface area contributed by atoms with Crippen molar-refractivity contribution in [3.05, 3.63) is 178 Å². The van der Waals surface area contributed by atoms with E-state index in [1.165, 1.54) is 25.7 Å². The SMILES string of the molecule is C=S(C)(=O)c1ccc([C@@H](C)Nc2nc(N3CC([C@H]4CCCN(CCO)C4)C3)ncc2C#N)c(Cl)c1.Cc1ccc([C@@H](C)Nc2nc(N3CC([C@H]4CCCN(C5CC(C)(C(=O)O)C5)C4)C3)ncc2C(F)(F)F)c(Cl)c1.Cc1ccc([C@@H](C)Nc2nc(N3CC([C@H]4CCCN(C5CC(C)(C(=O)O)C5)C4)C3)ncc2C(F)(F)F)c(Cl)c1.Cc1ccc([C@@H](C)Nc2nc(N3CC([C@H]4CCCN(CCO)C4)C3)ncc2Br)c(Cl)c1. The Bertz CT molecular complexity index is 5820. The summed E-state index contributed by atoms with van der Waals surface area (Å²) in [5.74, 6) is 9.34. The second kappa shape index (κ2) is 46.4. The molecule has 10 fully saturated rings. The van der Waals surface area contributed by atoms with Gasteiger partial charge < -0.3 is 80.9 Å². The number of nitrogens with zero attached hydrogens (tertiary/aromatic N) is 17. The standard InChI is InChI=1S/2C28H35ClF3N5O2.C25H33ClN6O2S.C23H31BrClN5O/c2*1-16-6-7-21(23(29)9-16)17(2)34-24-22(28(30,31)32)12-33-26(35-24)37-14-19(15-37)18-5-4-8-36(13-18)20-10-27(3,11-20)25(38)39;1-17(22-7-6-21(11-23(22)26)35(2,3)34)29-24-19(12-27)13-28-25(30-24)32-15-20(16-32)18-5-4-8-31(14-18)9-10-33;1-15-5-6-19(21(25)10-15)16(2)27-22-20(24)11-26-23(28-22)30-13-18(14-30)17-4-3-7-29(12-17)8-9-31/h2*6-7,9,12,17-20H,4-5,8,10-11,13-15H2,1-3H3,(H,38,39)(H,33,34,35);6-7,11,13,17-18,20,33H,2,4-5,8-10,14-16H2,1,3H3,(H,28,29,30);5-6,10-11,16-18,31H,3-4,7-9,12-14H2,1-2H3,(H,26,27,28)/t2*17-,18+,20?,27?;17-,18+,35?;16-,17+/m1111/s1. The maximum Gasteiger partial charge on any atom is 0.421 e. The van der Waals surface area contributed by atoms with E-state index in [0.717, 1.165) is 179 Å². The summed E-state index contributed by atoms with van der Waals surface area (Å²) in [6.45, 7) is 33.8. The monoisotopic (exact) mass is 2150 g/mol. The van der Waals surface area contributed by atoms with E-state index < -0.39 is 67.9 Å². The fourth-order valence-corrected chi connectivity index (χ4v) is 24.7. The molecule has 18 rings (SSSR count). The first-order valence-corrected chi connectivity index (χ1v) is 54.5. The average Bonchev–Trinajstić information content (AvgIpc) is 0.733. The number of carboxylic acids is 2. The maximum absolute atomic E-state index is 13.8. The van der Waals surface area contributed by atoms with E-state index in [9.17, 15) is 65.8 Å². The molecule has 0 amide bonds. The van der Waals surface area contributed by atoms with Gasteiger partial charge in [-0.25, -0.2) is 19.9 Å². The molecule has 4 aromatic carbocycles. The number of alkyl halides is 6. The van der Waals surface area contributed by atoms with Crippen molar-refractivity contribution in [3.63, 3.8) is 0 Å². The van der Waals surface area contributed by atoms with Crippen LogP contribution >= 0.6 is 62.3 Å². The molecule has 10 aliphatic rings.